The number of nitrogens with zero attached hydrogens (tertiary/aromatic N) is 2. The fourth-order valence-electron chi connectivity index (χ4n) is 4.07. The summed E-state index contributed by atoms with van der Waals surface area (Å²) < 4.78 is 18.5. The third-order valence-corrected chi connectivity index (χ3v) is 5.71. The molecule has 6 nitrogen and oxygen atoms in total. The molecule has 1 aromatic rings. The number of hydrogen-bond acceptors (Lipinski definition) is 3. The number of benzene rings is 1. The molecule has 0 radical (unpaired) electrons. The summed E-state index contributed by atoms with van der Waals surface area (Å²) in [6.45, 7) is 2.85. The van der Waals surface area contributed by atoms with Crippen molar-refractivity contribution in [3.63, 3.8) is 0 Å². The molecule has 2 fully saturated rings. The highest BCUT2D eigenvalue weighted by Gasteiger charge is 2.31. The van der Waals surface area contributed by atoms with E-state index in [2.05, 4.69) is 15.6 Å². The van der Waals surface area contributed by atoms with Crippen LogP contribution < -0.4 is 15.4 Å². The summed E-state index contributed by atoms with van der Waals surface area (Å²) in [5.74, 6) is 1.74. The number of guanidine groups is 1. The van der Waals surface area contributed by atoms with Gasteiger partial charge in [0.2, 0.25) is 5.91 Å². The first-order valence-corrected chi connectivity index (χ1v) is 10.8. The van der Waals surface area contributed by atoms with E-state index < -0.39 is 0 Å². The molecule has 29 heavy (non-hydrogen) atoms. The molecule has 1 atom stereocenters. The normalized spacial score (nSPS) is 20.6. The lowest BCUT2D eigenvalue weighted by Crippen LogP contribution is -2.46. The average Bonchev–Trinajstić information content (AvgIpc) is 3.22. The van der Waals surface area contributed by atoms with E-state index in [1.165, 1.54) is 31.4 Å². The van der Waals surface area contributed by atoms with Gasteiger partial charge in [0.1, 0.15) is 11.6 Å². The first kappa shape index (κ1) is 21.4. The summed E-state index contributed by atoms with van der Waals surface area (Å²) in [7, 11) is 1.75. The zero-order valence-corrected chi connectivity index (χ0v) is 17.3. The Bertz CT molecular complexity index is 674. The number of carbonyl (C=O) groups excluding carboxylic acids is 1. The van der Waals surface area contributed by atoms with Crippen LogP contribution in [0.15, 0.2) is 29.3 Å². The van der Waals surface area contributed by atoms with Crippen molar-refractivity contribution in [1.82, 2.24) is 15.5 Å². The van der Waals surface area contributed by atoms with Crippen molar-refractivity contribution < 1.29 is 13.9 Å². The van der Waals surface area contributed by atoms with E-state index in [0.717, 1.165) is 51.3 Å². The topological polar surface area (TPSA) is 66.0 Å². The Hall–Kier alpha value is -2.31. The quantitative estimate of drug-likeness (QED) is 0.417. The van der Waals surface area contributed by atoms with Crippen LogP contribution in [0.3, 0.4) is 0 Å². The number of ether oxygens (including phenoxy) is 1. The van der Waals surface area contributed by atoms with E-state index in [9.17, 15) is 9.18 Å². The van der Waals surface area contributed by atoms with Gasteiger partial charge in [-0.2, -0.15) is 0 Å². The van der Waals surface area contributed by atoms with E-state index in [1.54, 1.807) is 19.2 Å². The first-order valence-electron chi connectivity index (χ1n) is 10.8. The van der Waals surface area contributed by atoms with Crippen LogP contribution in [-0.2, 0) is 4.79 Å². The lowest BCUT2D eigenvalue weighted by molar-refractivity contribution is -0.135. The number of carbonyl (C=O) groups is 1. The van der Waals surface area contributed by atoms with E-state index in [1.807, 2.05) is 4.90 Å². The minimum Gasteiger partial charge on any atom is -0.494 e. The van der Waals surface area contributed by atoms with Crippen LogP contribution >= 0.6 is 0 Å². The summed E-state index contributed by atoms with van der Waals surface area (Å²) in [6, 6.07) is 6.28. The van der Waals surface area contributed by atoms with Crippen LogP contribution in [0.2, 0.25) is 0 Å². The van der Waals surface area contributed by atoms with Crippen molar-refractivity contribution in [2.75, 3.05) is 33.3 Å². The lowest BCUT2D eigenvalue weighted by atomic mass is 9.88. The SMILES string of the molecule is CN=C(NCCCOc1ccc(F)cc1)NC1CCN(C(=O)C2CCCCC2)C1. The summed E-state index contributed by atoms with van der Waals surface area (Å²) >= 11 is 0. The molecule has 1 heterocycles. The minimum absolute atomic E-state index is 0.237. The highest BCUT2D eigenvalue weighted by atomic mass is 19.1. The van der Waals surface area contributed by atoms with E-state index >= 15 is 0 Å². The molecule has 0 bridgehead atoms. The molecule has 3 rings (SSSR count). The minimum atomic E-state index is -0.264. The van der Waals surface area contributed by atoms with Crippen molar-refractivity contribution >= 4 is 11.9 Å². The maximum Gasteiger partial charge on any atom is 0.225 e. The van der Waals surface area contributed by atoms with Gasteiger partial charge in [-0.1, -0.05) is 19.3 Å². The Balaban J connectivity index is 1.32. The zero-order chi connectivity index (χ0) is 20.5. The highest BCUT2D eigenvalue weighted by Crippen LogP contribution is 2.26. The zero-order valence-electron chi connectivity index (χ0n) is 17.3. The Morgan fingerprint density at radius 3 is 2.69 bits per heavy atom. The van der Waals surface area contributed by atoms with Crippen molar-refractivity contribution in [1.29, 1.82) is 0 Å². The molecule has 2 aliphatic rings. The summed E-state index contributed by atoms with van der Waals surface area (Å²) in [5.41, 5.74) is 0. The van der Waals surface area contributed by atoms with Crippen LogP contribution in [0.5, 0.6) is 5.75 Å². The Morgan fingerprint density at radius 2 is 1.97 bits per heavy atom. The maximum absolute atomic E-state index is 12.9. The first-order chi connectivity index (χ1) is 14.2. The van der Waals surface area contributed by atoms with Crippen LogP contribution in [-0.4, -0.2) is 56.1 Å². The maximum atomic E-state index is 12.9. The van der Waals surface area contributed by atoms with Gasteiger partial charge in [0.25, 0.3) is 0 Å². The van der Waals surface area contributed by atoms with Crippen molar-refractivity contribution in [3.05, 3.63) is 30.1 Å². The van der Waals surface area contributed by atoms with Gasteiger partial charge in [-0.25, -0.2) is 4.39 Å². The molecule has 1 amide bonds. The van der Waals surface area contributed by atoms with Gasteiger partial charge < -0.3 is 20.3 Å². The van der Waals surface area contributed by atoms with Crippen LogP contribution in [0.25, 0.3) is 0 Å². The largest absolute Gasteiger partial charge is 0.494 e. The number of likely N-dealkylation sites (tertiary alicyclic amines) is 1. The van der Waals surface area contributed by atoms with Gasteiger partial charge in [0.05, 0.1) is 6.61 Å². The molecular weight excluding hydrogens is 371 g/mol. The number of halogens is 1. The fraction of sp³-hybridized carbons (Fsp3) is 0.636. The smallest absolute Gasteiger partial charge is 0.225 e. The molecule has 7 heteroatoms. The fourth-order valence-corrected chi connectivity index (χ4v) is 4.07. The van der Waals surface area contributed by atoms with Crippen molar-refractivity contribution in [2.45, 2.75) is 51.0 Å². The second-order valence-electron chi connectivity index (χ2n) is 7.90. The Morgan fingerprint density at radius 1 is 1.21 bits per heavy atom. The van der Waals surface area contributed by atoms with Gasteiger partial charge in [0.15, 0.2) is 5.96 Å². The van der Waals surface area contributed by atoms with Crippen LogP contribution in [0, 0.1) is 11.7 Å². The monoisotopic (exact) mass is 404 g/mol. The standard InChI is InChI=1S/C22H33FN4O2/c1-24-22(25-13-5-15-29-20-10-8-18(23)9-11-20)26-19-12-14-27(16-19)21(28)17-6-3-2-4-7-17/h8-11,17,19H,2-7,12-16H2,1H3,(H2,24,25,26). The third kappa shape index (κ3) is 6.61. The highest BCUT2D eigenvalue weighted by molar-refractivity contribution is 5.81. The summed E-state index contributed by atoms with van der Waals surface area (Å²) in [4.78, 5) is 19.0. The molecule has 0 spiro atoms. The van der Waals surface area contributed by atoms with Crippen molar-refractivity contribution in [3.8, 4) is 5.75 Å². The predicted molar refractivity (Wildman–Crippen MR) is 113 cm³/mol. The number of aliphatic imine (C=N–C) groups is 1. The second kappa shape index (κ2) is 11.0. The molecule has 1 saturated carbocycles. The van der Waals surface area contributed by atoms with Crippen molar-refractivity contribution in [2.24, 2.45) is 10.9 Å². The summed E-state index contributed by atoms with van der Waals surface area (Å²) in [6.07, 6.45) is 7.50. The van der Waals surface area contributed by atoms with Gasteiger partial charge in [0, 0.05) is 38.6 Å². The van der Waals surface area contributed by atoms with Crippen LogP contribution in [0.4, 0.5) is 4.39 Å². The molecule has 1 aromatic carbocycles. The Kier molecular flexibility index (Phi) is 8.14. The molecule has 1 aliphatic heterocycles. The third-order valence-electron chi connectivity index (χ3n) is 5.71. The van der Waals surface area contributed by atoms with E-state index in [4.69, 9.17) is 4.74 Å². The van der Waals surface area contributed by atoms with Crippen LogP contribution in [0.1, 0.15) is 44.9 Å². The number of rotatable bonds is 7. The molecule has 0 aromatic heterocycles. The van der Waals surface area contributed by atoms with Gasteiger partial charge in [-0.05, 0) is 49.9 Å². The van der Waals surface area contributed by atoms with E-state index in [0.29, 0.717) is 18.3 Å². The van der Waals surface area contributed by atoms with Gasteiger partial charge in [-0.15, -0.1) is 0 Å². The molecule has 1 saturated heterocycles. The predicted octanol–water partition coefficient (Wildman–Crippen LogP) is 2.94. The summed E-state index contributed by atoms with van der Waals surface area (Å²) in [5, 5.41) is 6.73. The average molecular weight is 405 g/mol. The molecule has 160 valence electrons. The number of amides is 1. The van der Waals surface area contributed by atoms with Gasteiger partial charge in [-0.3, -0.25) is 9.79 Å². The molecular formula is C22H33FN4O2. The van der Waals surface area contributed by atoms with E-state index in [-0.39, 0.29) is 17.8 Å². The Labute approximate surface area is 172 Å². The van der Waals surface area contributed by atoms with Gasteiger partial charge >= 0.3 is 0 Å². The number of nitrogens with one attached hydrogen (secondary N) is 2. The molecule has 1 aliphatic carbocycles. The number of hydrogen-bond donors (Lipinski definition) is 2. The second-order valence-corrected chi connectivity index (χ2v) is 7.90. The lowest BCUT2D eigenvalue weighted by Gasteiger charge is -2.26. The molecule has 1 unspecified atom stereocenters. The molecule has 2 N–H and O–H groups in total.